The van der Waals surface area contributed by atoms with Crippen molar-refractivity contribution in [2.24, 2.45) is 0 Å². The Labute approximate surface area is 326 Å². The average Bonchev–Trinajstić information content (AvgIpc) is 3.18. The van der Waals surface area contributed by atoms with E-state index in [9.17, 15) is 19.8 Å². The van der Waals surface area contributed by atoms with Gasteiger partial charge in [-0.3, -0.25) is 0 Å². The van der Waals surface area contributed by atoms with E-state index in [4.69, 9.17) is 18.9 Å². The Morgan fingerprint density at radius 3 is 0.963 bits per heavy atom. The summed E-state index contributed by atoms with van der Waals surface area (Å²) in [7, 11) is 2.99. The highest BCUT2D eigenvalue weighted by Gasteiger charge is 2.04. The van der Waals surface area contributed by atoms with Crippen LogP contribution in [0.4, 0.5) is 0 Å². The molecule has 0 aliphatic rings. The van der Waals surface area contributed by atoms with E-state index in [0.29, 0.717) is 24.7 Å². The van der Waals surface area contributed by atoms with Crippen LogP contribution in [0.3, 0.4) is 0 Å². The van der Waals surface area contributed by atoms with E-state index in [2.05, 4.69) is 0 Å². The van der Waals surface area contributed by atoms with Crippen LogP contribution in [0.15, 0.2) is 48.6 Å². The molecular formula is C46H70O8. The molecule has 0 aliphatic heterocycles. The van der Waals surface area contributed by atoms with Crippen LogP contribution in [0.2, 0.25) is 0 Å². The quantitative estimate of drug-likeness (QED) is 0.0421. The van der Waals surface area contributed by atoms with E-state index < -0.39 is 0 Å². The second-order valence-corrected chi connectivity index (χ2v) is 14.3. The molecule has 8 heteroatoms. The number of benzene rings is 2. The Morgan fingerprint density at radius 1 is 0.444 bits per heavy atom. The summed E-state index contributed by atoms with van der Waals surface area (Å²) in [5.41, 5.74) is 1.54. The highest BCUT2D eigenvalue weighted by atomic mass is 16.5. The number of rotatable bonds is 33. The van der Waals surface area contributed by atoms with Gasteiger partial charge in [-0.2, -0.15) is 0 Å². The maximum Gasteiger partial charge on any atom is 0.330 e. The largest absolute Gasteiger partial charge is 0.504 e. The molecule has 0 radical (unpaired) electrons. The number of methoxy groups -OCH3 is 2. The molecule has 302 valence electrons. The van der Waals surface area contributed by atoms with E-state index in [0.717, 1.165) is 36.8 Å². The molecule has 2 N–H and O–H groups in total. The second kappa shape index (κ2) is 31.4. The molecule has 2 aromatic carbocycles. The van der Waals surface area contributed by atoms with E-state index in [1.807, 2.05) is 0 Å². The predicted octanol–water partition coefficient (Wildman–Crippen LogP) is 12.3. The van der Waals surface area contributed by atoms with Gasteiger partial charge in [-0.05, 0) is 60.4 Å². The van der Waals surface area contributed by atoms with Crippen molar-refractivity contribution in [2.45, 2.75) is 154 Å². The molecule has 0 aliphatic carbocycles. The molecule has 2 aromatic rings. The Kier molecular flexibility index (Phi) is 26.9. The number of hydrogen-bond donors (Lipinski definition) is 2. The van der Waals surface area contributed by atoms with Crippen LogP contribution in [0, 0.1) is 0 Å². The van der Waals surface area contributed by atoms with Crippen molar-refractivity contribution in [3.05, 3.63) is 59.7 Å². The summed E-state index contributed by atoms with van der Waals surface area (Å²) < 4.78 is 20.8. The zero-order valence-corrected chi connectivity index (χ0v) is 33.5. The van der Waals surface area contributed by atoms with Crippen LogP contribution in [0.1, 0.15) is 165 Å². The second-order valence-electron chi connectivity index (χ2n) is 14.3. The average molecular weight is 751 g/mol. The fraction of sp³-hybridized carbons (Fsp3) is 0.609. The number of unbranched alkanes of at least 4 members (excludes halogenated alkanes) is 23. The minimum absolute atomic E-state index is 0.0715. The van der Waals surface area contributed by atoms with Crippen LogP contribution in [0.5, 0.6) is 23.0 Å². The monoisotopic (exact) mass is 751 g/mol. The molecule has 0 amide bonds. The molecular weight excluding hydrogens is 680 g/mol. The van der Waals surface area contributed by atoms with Gasteiger partial charge in [-0.1, -0.05) is 153 Å². The van der Waals surface area contributed by atoms with Gasteiger partial charge in [0.25, 0.3) is 0 Å². The first kappa shape index (κ1) is 46.2. The lowest BCUT2D eigenvalue weighted by atomic mass is 10.0. The van der Waals surface area contributed by atoms with Gasteiger partial charge >= 0.3 is 11.9 Å². The molecule has 0 atom stereocenters. The molecule has 8 nitrogen and oxygen atoms in total. The Morgan fingerprint density at radius 2 is 0.704 bits per heavy atom. The Bertz CT molecular complexity index is 1230. The first-order valence-corrected chi connectivity index (χ1v) is 20.9. The third-order valence-electron chi connectivity index (χ3n) is 9.76. The zero-order valence-electron chi connectivity index (χ0n) is 33.5. The number of phenols is 2. The third-order valence-corrected chi connectivity index (χ3v) is 9.76. The van der Waals surface area contributed by atoms with E-state index >= 15 is 0 Å². The summed E-state index contributed by atoms with van der Waals surface area (Å²) in [6.07, 6.45) is 36.9. The van der Waals surface area contributed by atoms with Crippen LogP contribution in [-0.2, 0) is 19.1 Å². The number of carbonyl (C=O) groups excluding carboxylic acids is 2. The molecule has 0 heterocycles. The van der Waals surface area contributed by atoms with Crippen molar-refractivity contribution < 1.29 is 38.7 Å². The molecule has 54 heavy (non-hydrogen) atoms. The molecule has 2 rings (SSSR count). The lowest BCUT2D eigenvalue weighted by molar-refractivity contribution is -0.138. The summed E-state index contributed by atoms with van der Waals surface area (Å²) in [6, 6.07) is 9.86. The third kappa shape index (κ3) is 23.7. The van der Waals surface area contributed by atoms with Gasteiger partial charge in [-0.25, -0.2) is 9.59 Å². The van der Waals surface area contributed by atoms with Gasteiger partial charge in [0.1, 0.15) is 0 Å². The van der Waals surface area contributed by atoms with Crippen molar-refractivity contribution in [3.63, 3.8) is 0 Å². The van der Waals surface area contributed by atoms with E-state index in [1.165, 1.54) is 155 Å². The molecule has 0 saturated carbocycles. The van der Waals surface area contributed by atoms with Gasteiger partial charge in [0.2, 0.25) is 0 Å². The topological polar surface area (TPSA) is 112 Å². The fourth-order valence-corrected chi connectivity index (χ4v) is 6.46. The summed E-state index contributed by atoms with van der Waals surface area (Å²) in [5.74, 6) is 0.201. The summed E-state index contributed by atoms with van der Waals surface area (Å²) in [6.45, 7) is 0.912. The van der Waals surface area contributed by atoms with E-state index in [1.54, 1.807) is 48.6 Å². The number of aromatic hydroxyl groups is 2. The highest BCUT2D eigenvalue weighted by molar-refractivity contribution is 5.87. The van der Waals surface area contributed by atoms with Crippen molar-refractivity contribution >= 4 is 24.1 Å². The maximum atomic E-state index is 11.9. The molecule has 0 spiro atoms. The van der Waals surface area contributed by atoms with Crippen LogP contribution < -0.4 is 9.47 Å². The van der Waals surface area contributed by atoms with Crippen molar-refractivity contribution in [1.82, 2.24) is 0 Å². The first-order chi connectivity index (χ1) is 26.4. The fourth-order valence-electron chi connectivity index (χ4n) is 6.46. The molecule has 0 unspecified atom stereocenters. The molecule has 0 saturated heterocycles. The summed E-state index contributed by atoms with van der Waals surface area (Å²) in [5, 5.41) is 19.3. The van der Waals surface area contributed by atoms with E-state index in [-0.39, 0.29) is 23.4 Å². The molecule has 0 aromatic heterocycles. The predicted molar refractivity (Wildman–Crippen MR) is 220 cm³/mol. The number of carbonyl (C=O) groups is 2. The number of ether oxygens (including phenoxy) is 4. The Balaban J connectivity index is 1.23. The van der Waals surface area contributed by atoms with Crippen molar-refractivity contribution in [3.8, 4) is 23.0 Å². The van der Waals surface area contributed by atoms with Gasteiger partial charge in [-0.15, -0.1) is 0 Å². The minimum atomic E-state index is -0.346. The standard InChI is InChI=1S/C46H70O8/c1-51-43-37-39(27-31-41(43)47)29-33-45(49)53-35-25-23-21-19-17-15-13-11-9-7-5-3-4-6-8-10-12-14-16-18-20-22-24-26-36-54-46(50)34-30-40-28-32-42(48)44(38-40)52-2/h27-34,37-38,47-48H,3-26,35-36H2,1-2H3. The van der Waals surface area contributed by atoms with Crippen LogP contribution in [0.25, 0.3) is 12.2 Å². The molecule has 0 fully saturated rings. The lowest BCUT2D eigenvalue weighted by Gasteiger charge is -2.05. The van der Waals surface area contributed by atoms with Crippen molar-refractivity contribution in [1.29, 1.82) is 0 Å². The summed E-state index contributed by atoms with van der Waals surface area (Å²) >= 11 is 0. The normalized spacial score (nSPS) is 11.4. The number of esters is 2. The first-order valence-electron chi connectivity index (χ1n) is 20.9. The zero-order chi connectivity index (χ0) is 38.9. The van der Waals surface area contributed by atoms with Crippen molar-refractivity contribution in [2.75, 3.05) is 27.4 Å². The highest BCUT2D eigenvalue weighted by Crippen LogP contribution is 2.28. The summed E-state index contributed by atoms with van der Waals surface area (Å²) in [4.78, 5) is 23.9. The lowest BCUT2D eigenvalue weighted by Crippen LogP contribution is -2.02. The van der Waals surface area contributed by atoms with Crippen LogP contribution in [-0.4, -0.2) is 49.6 Å². The maximum absolute atomic E-state index is 11.9. The van der Waals surface area contributed by atoms with Gasteiger partial charge in [0.05, 0.1) is 27.4 Å². The van der Waals surface area contributed by atoms with Gasteiger partial charge in [0.15, 0.2) is 23.0 Å². The number of phenolic OH excluding ortho intramolecular Hbond substituents is 2. The van der Waals surface area contributed by atoms with Gasteiger partial charge in [0, 0.05) is 12.2 Å². The number of hydrogen-bond acceptors (Lipinski definition) is 8. The van der Waals surface area contributed by atoms with Crippen LogP contribution >= 0.6 is 0 Å². The Hall–Kier alpha value is -3.94. The SMILES string of the molecule is COc1cc(C=CC(=O)OCCCCCCCCCCCCCCCCCCCCCCCCCCOC(=O)C=Cc2ccc(O)c(OC)c2)ccc1O. The minimum Gasteiger partial charge on any atom is -0.504 e. The molecule has 0 bridgehead atoms. The van der Waals surface area contributed by atoms with Gasteiger partial charge < -0.3 is 29.2 Å². The smallest absolute Gasteiger partial charge is 0.330 e.